The number of nitrogens with one attached hydrogen (secondary N) is 3. The molecule has 1 atom stereocenters. The van der Waals surface area contributed by atoms with Crippen molar-refractivity contribution in [1.29, 1.82) is 0 Å². The average molecular weight is 190 g/mol. The number of hydrogen-bond donors (Lipinski definition) is 4. The molecule has 0 aliphatic carbocycles. The van der Waals surface area contributed by atoms with Gasteiger partial charge >= 0.3 is 6.03 Å². The van der Waals surface area contributed by atoms with Crippen molar-refractivity contribution >= 4 is 23.4 Å². The Morgan fingerprint density at radius 2 is 2.17 bits per heavy atom. The molecule has 5 N–H and O–H groups in total. The molecular weight excluding hydrogens is 176 g/mol. The minimum atomic E-state index is -0.336. The van der Waals surface area contributed by atoms with Crippen molar-refractivity contribution in [3.8, 4) is 0 Å². The third-order valence-corrected chi connectivity index (χ3v) is 1.39. The van der Waals surface area contributed by atoms with Crippen LogP contribution in [0.15, 0.2) is 0 Å². The van der Waals surface area contributed by atoms with Crippen LogP contribution in [0.4, 0.5) is 4.79 Å². The lowest BCUT2D eigenvalue weighted by atomic mass is 10.3. The van der Waals surface area contributed by atoms with Gasteiger partial charge in [0, 0.05) is 6.04 Å². The van der Waals surface area contributed by atoms with E-state index in [1.165, 1.54) is 0 Å². The fraction of sp³-hybridized carbons (Fsp3) is 0.667. The van der Waals surface area contributed by atoms with Crippen LogP contribution in [0.25, 0.3) is 0 Å². The molecule has 0 rings (SSSR count). The summed E-state index contributed by atoms with van der Waals surface area (Å²) in [7, 11) is 0. The zero-order valence-electron chi connectivity index (χ0n) is 7.18. The molecule has 0 fully saturated rings. The molecule has 0 radical (unpaired) electrons. The van der Waals surface area contributed by atoms with Gasteiger partial charge in [-0.2, -0.15) is 0 Å². The second kappa shape index (κ2) is 5.59. The van der Waals surface area contributed by atoms with Crippen molar-refractivity contribution in [3.63, 3.8) is 0 Å². The minimum absolute atomic E-state index is 0.0364. The maximum atomic E-state index is 10.9. The van der Waals surface area contributed by atoms with Gasteiger partial charge in [-0.05, 0) is 25.6 Å². The SMILES string of the molecule is CCC(C)NC(=O)NNC(N)=S. The van der Waals surface area contributed by atoms with Crippen molar-refractivity contribution < 1.29 is 4.79 Å². The predicted molar refractivity (Wildman–Crippen MR) is 51.3 cm³/mol. The van der Waals surface area contributed by atoms with E-state index in [0.29, 0.717) is 0 Å². The highest BCUT2D eigenvalue weighted by atomic mass is 32.1. The van der Waals surface area contributed by atoms with Crippen LogP contribution in [0.2, 0.25) is 0 Å². The summed E-state index contributed by atoms with van der Waals surface area (Å²) in [5, 5.41) is 2.69. The van der Waals surface area contributed by atoms with Crippen molar-refractivity contribution in [2.45, 2.75) is 26.3 Å². The van der Waals surface area contributed by atoms with Crippen LogP contribution in [0.1, 0.15) is 20.3 Å². The smallest absolute Gasteiger partial charge is 0.333 e. The van der Waals surface area contributed by atoms with Crippen LogP contribution in [-0.4, -0.2) is 17.2 Å². The molecule has 5 nitrogen and oxygen atoms in total. The summed E-state index contributed by atoms with van der Waals surface area (Å²) in [5.74, 6) is 0. The number of rotatable bonds is 2. The summed E-state index contributed by atoms with van der Waals surface area (Å²) in [6, 6.07) is -0.199. The number of amides is 2. The van der Waals surface area contributed by atoms with Crippen LogP contribution in [0, 0.1) is 0 Å². The molecule has 0 heterocycles. The van der Waals surface area contributed by atoms with E-state index in [1.807, 2.05) is 13.8 Å². The maximum Gasteiger partial charge on any atom is 0.333 e. The molecule has 0 aliphatic heterocycles. The standard InChI is InChI=1S/C6H14N4OS/c1-3-4(2)8-6(11)10-9-5(7)12/h4H,3H2,1-2H3,(H3,7,9,12)(H2,8,10,11). The molecule has 70 valence electrons. The van der Waals surface area contributed by atoms with E-state index >= 15 is 0 Å². The molecule has 1 unspecified atom stereocenters. The van der Waals surface area contributed by atoms with Gasteiger partial charge in [0.1, 0.15) is 0 Å². The Morgan fingerprint density at radius 3 is 2.58 bits per heavy atom. The summed E-state index contributed by atoms with van der Waals surface area (Å²) in [4.78, 5) is 10.9. The Balaban J connectivity index is 3.53. The first kappa shape index (κ1) is 11.0. The van der Waals surface area contributed by atoms with Crippen molar-refractivity contribution in [3.05, 3.63) is 0 Å². The second-order valence-electron chi connectivity index (χ2n) is 2.40. The molecular formula is C6H14N4OS. The summed E-state index contributed by atoms with van der Waals surface area (Å²) in [6.45, 7) is 3.88. The van der Waals surface area contributed by atoms with E-state index < -0.39 is 0 Å². The van der Waals surface area contributed by atoms with Gasteiger partial charge < -0.3 is 11.1 Å². The third-order valence-electron chi connectivity index (χ3n) is 1.29. The van der Waals surface area contributed by atoms with E-state index in [2.05, 4.69) is 28.4 Å². The van der Waals surface area contributed by atoms with Crippen LogP contribution in [-0.2, 0) is 0 Å². The Bertz CT molecular complexity index is 173. The molecule has 0 spiro atoms. The molecule has 0 saturated heterocycles. The fourth-order valence-electron chi connectivity index (χ4n) is 0.480. The topological polar surface area (TPSA) is 79.2 Å². The highest BCUT2D eigenvalue weighted by Crippen LogP contribution is 1.85. The van der Waals surface area contributed by atoms with Crippen LogP contribution >= 0.6 is 12.2 Å². The summed E-state index contributed by atoms with van der Waals surface area (Å²) in [6.07, 6.45) is 0.875. The highest BCUT2D eigenvalue weighted by molar-refractivity contribution is 7.80. The Labute approximate surface area is 77.0 Å². The molecule has 6 heteroatoms. The minimum Gasteiger partial charge on any atom is -0.375 e. The zero-order chi connectivity index (χ0) is 9.56. The number of nitrogens with two attached hydrogens (primary N) is 1. The van der Waals surface area contributed by atoms with Crippen molar-refractivity contribution in [2.24, 2.45) is 5.73 Å². The first-order chi connectivity index (χ1) is 5.56. The first-order valence-corrected chi connectivity index (χ1v) is 4.09. The number of carbonyl (C=O) groups excluding carboxylic acids is 1. The van der Waals surface area contributed by atoms with Gasteiger partial charge in [0.15, 0.2) is 5.11 Å². The largest absolute Gasteiger partial charge is 0.375 e. The van der Waals surface area contributed by atoms with Crippen molar-refractivity contribution in [2.75, 3.05) is 0 Å². The predicted octanol–water partition coefficient (Wildman–Crippen LogP) is -0.168. The van der Waals surface area contributed by atoms with E-state index in [9.17, 15) is 4.79 Å². The highest BCUT2D eigenvalue weighted by Gasteiger charge is 2.02. The number of hydrogen-bond acceptors (Lipinski definition) is 2. The molecule has 0 aromatic carbocycles. The van der Waals surface area contributed by atoms with E-state index in [0.717, 1.165) is 6.42 Å². The van der Waals surface area contributed by atoms with Gasteiger partial charge in [0.2, 0.25) is 0 Å². The summed E-state index contributed by atoms with van der Waals surface area (Å²) >= 11 is 4.48. The molecule has 0 bridgehead atoms. The van der Waals surface area contributed by atoms with Gasteiger partial charge in [0.05, 0.1) is 0 Å². The number of carbonyl (C=O) groups is 1. The lowest BCUT2D eigenvalue weighted by molar-refractivity contribution is 0.235. The first-order valence-electron chi connectivity index (χ1n) is 3.68. The number of urea groups is 1. The Hall–Kier alpha value is -1.04. The lowest BCUT2D eigenvalue weighted by Gasteiger charge is -2.12. The molecule has 0 aromatic heterocycles. The van der Waals surface area contributed by atoms with Crippen molar-refractivity contribution in [1.82, 2.24) is 16.2 Å². The Kier molecular flexibility index (Phi) is 5.11. The van der Waals surface area contributed by atoms with Crippen LogP contribution in [0.5, 0.6) is 0 Å². The monoisotopic (exact) mass is 190 g/mol. The Morgan fingerprint density at radius 1 is 1.58 bits per heavy atom. The molecule has 12 heavy (non-hydrogen) atoms. The maximum absolute atomic E-state index is 10.9. The van der Waals surface area contributed by atoms with Crippen LogP contribution < -0.4 is 21.9 Å². The van der Waals surface area contributed by atoms with Gasteiger partial charge in [0.25, 0.3) is 0 Å². The molecule has 0 saturated carbocycles. The average Bonchev–Trinajstić information content (AvgIpc) is 2.00. The van der Waals surface area contributed by atoms with E-state index in [1.54, 1.807) is 0 Å². The number of hydrazine groups is 1. The number of thiocarbonyl (C=S) groups is 1. The lowest BCUT2D eigenvalue weighted by Crippen LogP contribution is -2.50. The normalized spacial score (nSPS) is 11.5. The third kappa shape index (κ3) is 5.72. The van der Waals surface area contributed by atoms with Crippen LogP contribution in [0.3, 0.4) is 0 Å². The second-order valence-corrected chi connectivity index (χ2v) is 2.84. The van der Waals surface area contributed by atoms with E-state index in [4.69, 9.17) is 5.73 Å². The molecule has 0 aliphatic rings. The molecule has 0 aromatic rings. The van der Waals surface area contributed by atoms with Gasteiger partial charge in [-0.25, -0.2) is 10.2 Å². The molecule has 2 amide bonds. The quantitative estimate of drug-likeness (QED) is 0.360. The van der Waals surface area contributed by atoms with Gasteiger partial charge in [-0.15, -0.1) is 0 Å². The fourth-order valence-corrected chi connectivity index (χ4v) is 0.531. The van der Waals surface area contributed by atoms with Gasteiger partial charge in [-0.3, -0.25) is 5.43 Å². The van der Waals surface area contributed by atoms with E-state index in [-0.39, 0.29) is 17.2 Å². The summed E-state index contributed by atoms with van der Waals surface area (Å²) < 4.78 is 0. The summed E-state index contributed by atoms with van der Waals surface area (Å²) in [5.41, 5.74) is 9.68. The van der Waals surface area contributed by atoms with Gasteiger partial charge in [-0.1, -0.05) is 6.92 Å². The zero-order valence-corrected chi connectivity index (χ0v) is 7.99.